The van der Waals surface area contributed by atoms with Crippen LogP contribution in [0.3, 0.4) is 0 Å². The lowest BCUT2D eigenvalue weighted by molar-refractivity contribution is -0.116. The Bertz CT molecular complexity index is 1010. The Morgan fingerprint density at radius 3 is 2.44 bits per heavy atom. The molecule has 4 rings (SSSR count). The number of aliphatic hydroxyl groups excluding tert-OH is 1. The van der Waals surface area contributed by atoms with Crippen LogP contribution >= 0.6 is 0 Å². The van der Waals surface area contributed by atoms with Gasteiger partial charge < -0.3 is 10.4 Å². The van der Waals surface area contributed by atoms with E-state index in [1.165, 1.54) is 24.8 Å². The number of rotatable bonds is 8. The minimum Gasteiger partial charge on any atom is -0.392 e. The Balaban J connectivity index is 1.48. The third kappa shape index (κ3) is 5.80. The molecule has 1 aromatic heterocycles. The van der Waals surface area contributed by atoms with Crippen LogP contribution < -0.4 is 5.32 Å². The number of benzene rings is 2. The van der Waals surface area contributed by atoms with Gasteiger partial charge in [0, 0.05) is 17.9 Å². The van der Waals surface area contributed by atoms with E-state index in [0.717, 1.165) is 48.2 Å². The number of amides is 1. The number of aryl methyl sites for hydroxylation is 1. The summed E-state index contributed by atoms with van der Waals surface area (Å²) in [7, 11) is 0. The number of hydrogen-bond donors (Lipinski definition) is 2. The highest BCUT2D eigenvalue weighted by atomic mass is 16.3. The summed E-state index contributed by atoms with van der Waals surface area (Å²) in [4.78, 5) is 22.3. The fraction of sp³-hybridized carbons (Fsp3) is 0.370. The van der Waals surface area contributed by atoms with Gasteiger partial charge in [0.25, 0.3) is 0 Å². The average molecular weight is 430 g/mol. The first kappa shape index (κ1) is 22.2. The summed E-state index contributed by atoms with van der Waals surface area (Å²) in [6, 6.07) is 18.0. The summed E-state index contributed by atoms with van der Waals surface area (Å²) < 4.78 is 0. The molecule has 0 atom stereocenters. The second-order valence-electron chi connectivity index (χ2n) is 8.57. The molecule has 0 spiro atoms. The first-order valence-corrected chi connectivity index (χ1v) is 11.6. The van der Waals surface area contributed by atoms with Gasteiger partial charge in [-0.3, -0.25) is 4.79 Å². The zero-order valence-corrected chi connectivity index (χ0v) is 18.5. The molecule has 0 unspecified atom stereocenters. The number of aliphatic hydroxyl groups is 1. The van der Waals surface area contributed by atoms with Gasteiger partial charge in [-0.15, -0.1) is 0 Å². The van der Waals surface area contributed by atoms with E-state index < -0.39 is 0 Å². The zero-order chi connectivity index (χ0) is 22.2. The fourth-order valence-electron chi connectivity index (χ4n) is 4.37. The van der Waals surface area contributed by atoms with Gasteiger partial charge in [0.1, 0.15) is 0 Å². The fourth-order valence-corrected chi connectivity index (χ4v) is 4.37. The topological polar surface area (TPSA) is 75.1 Å². The maximum atomic E-state index is 12.7. The van der Waals surface area contributed by atoms with Crippen molar-refractivity contribution in [2.24, 2.45) is 0 Å². The van der Waals surface area contributed by atoms with E-state index in [1.807, 2.05) is 42.5 Å². The van der Waals surface area contributed by atoms with Crippen LogP contribution in [-0.2, 0) is 17.8 Å². The smallest absolute Gasteiger partial charge is 0.225 e. The van der Waals surface area contributed by atoms with Gasteiger partial charge in [0.15, 0.2) is 5.82 Å². The van der Waals surface area contributed by atoms with Crippen LogP contribution in [0.1, 0.15) is 67.7 Å². The van der Waals surface area contributed by atoms with Crippen molar-refractivity contribution < 1.29 is 9.90 Å². The highest BCUT2D eigenvalue weighted by molar-refractivity contribution is 5.90. The lowest BCUT2D eigenvalue weighted by atomic mass is 9.86. The normalized spacial score (nSPS) is 14.3. The third-order valence-corrected chi connectivity index (χ3v) is 6.19. The molecule has 0 saturated heterocycles. The van der Waals surface area contributed by atoms with E-state index in [-0.39, 0.29) is 12.5 Å². The summed E-state index contributed by atoms with van der Waals surface area (Å²) in [6.07, 6.45) is 9.68. The quantitative estimate of drug-likeness (QED) is 0.485. The van der Waals surface area contributed by atoms with E-state index in [1.54, 1.807) is 6.20 Å². The first-order chi connectivity index (χ1) is 15.7. The molecule has 2 N–H and O–H groups in total. The molecule has 1 fully saturated rings. The van der Waals surface area contributed by atoms with Crippen molar-refractivity contribution in [3.63, 3.8) is 0 Å². The molecule has 32 heavy (non-hydrogen) atoms. The molecule has 0 bridgehead atoms. The maximum absolute atomic E-state index is 12.7. The summed E-state index contributed by atoms with van der Waals surface area (Å²) in [5.74, 6) is 0.928. The molecule has 1 aliphatic rings. The SMILES string of the molecule is O=C(CCCc1ccccc1)Nc1ncc(-c2ccc(CO)cc2)nc1C1CCCCC1. The van der Waals surface area contributed by atoms with Crippen LogP contribution in [0, 0.1) is 0 Å². The molecule has 3 aromatic rings. The molecule has 2 aromatic carbocycles. The van der Waals surface area contributed by atoms with Gasteiger partial charge in [-0.05, 0) is 36.8 Å². The monoisotopic (exact) mass is 429 g/mol. The van der Waals surface area contributed by atoms with Gasteiger partial charge in [0.05, 0.1) is 24.2 Å². The van der Waals surface area contributed by atoms with Crippen molar-refractivity contribution in [2.45, 2.75) is 63.9 Å². The predicted molar refractivity (Wildman–Crippen MR) is 127 cm³/mol. The molecule has 1 saturated carbocycles. The summed E-state index contributed by atoms with van der Waals surface area (Å²) in [6.45, 7) is 0.0223. The molecule has 1 aliphatic carbocycles. The molecule has 0 radical (unpaired) electrons. The largest absolute Gasteiger partial charge is 0.392 e. The van der Waals surface area contributed by atoms with Gasteiger partial charge in [-0.25, -0.2) is 9.97 Å². The highest BCUT2D eigenvalue weighted by Crippen LogP contribution is 2.35. The predicted octanol–water partition coefficient (Wildman–Crippen LogP) is 5.65. The molecule has 1 amide bonds. The molecule has 5 heteroatoms. The number of nitrogens with zero attached hydrogens (tertiary/aromatic N) is 2. The van der Waals surface area contributed by atoms with Crippen molar-refractivity contribution in [3.8, 4) is 11.3 Å². The Morgan fingerprint density at radius 2 is 1.72 bits per heavy atom. The minimum absolute atomic E-state index is 0.00709. The van der Waals surface area contributed by atoms with E-state index in [9.17, 15) is 9.90 Å². The standard InChI is InChI=1S/C27H31N3O2/c31-19-21-14-16-22(17-15-21)24-18-28-27(26(29-24)23-11-5-2-6-12-23)30-25(32)13-7-10-20-8-3-1-4-9-20/h1,3-4,8-9,14-18,23,31H,2,5-7,10-13,19H2,(H,28,30,32). The molecule has 166 valence electrons. The Kier molecular flexibility index (Phi) is 7.62. The second-order valence-corrected chi connectivity index (χ2v) is 8.57. The van der Waals surface area contributed by atoms with E-state index in [2.05, 4.69) is 22.4 Å². The Labute approximate surface area is 189 Å². The molecule has 1 heterocycles. The van der Waals surface area contributed by atoms with Crippen molar-refractivity contribution in [2.75, 3.05) is 5.32 Å². The summed E-state index contributed by atoms with van der Waals surface area (Å²) >= 11 is 0. The van der Waals surface area contributed by atoms with Crippen molar-refractivity contribution in [3.05, 3.63) is 77.6 Å². The van der Waals surface area contributed by atoms with Gasteiger partial charge in [-0.1, -0.05) is 73.9 Å². The molecular formula is C27H31N3O2. The van der Waals surface area contributed by atoms with Crippen molar-refractivity contribution in [1.29, 1.82) is 0 Å². The third-order valence-electron chi connectivity index (χ3n) is 6.19. The minimum atomic E-state index is -0.00709. The Hall–Kier alpha value is -3.05. The Morgan fingerprint density at radius 1 is 0.969 bits per heavy atom. The van der Waals surface area contributed by atoms with Gasteiger partial charge in [-0.2, -0.15) is 0 Å². The van der Waals surface area contributed by atoms with E-state index >= 15 is 0 Å². The average Bonchev–Trinajstić information content (AvgIpc) is 2.85. The van der Waals surface area contributed by atoms with E-state index in [0.29, 0.717) is 18.2 Å². The first-order valence-electron chi connectivity index (χ1n) is 11.6. The van der Waals surface area contributed by atoms with Crippen LogP contribution in [0.2, 0.25) is 0 Å². The zero-order valence-electron chi connectivity index (χ0n) is 18.5. The summed E-state index contributed by atoms with van der Waals surface area (Å²) in [5, 5.41) is 12.3. The summed E-state index contributed by atoms with van der Waals surface area (Å²) in [5.41, 5.74) is 4.79. The lowest BCUT2D eigenvalue weighted by Gasteiger charge is -2.23. The van der Waals surface area contributed by atoms with Crippen molar-refractivity contribution >= 4 is 11.7 Å². The number of hydrogen-bond acceptors (Lipinski definition) is 4. The van der Waals surface area contributed by atoms with Crippen LogP contribution in [0.15, 0.2) is 60.8 Å². The van der Waals surface area contributed by atoms with Crippen LogP contribution in [0.4, 0.5) is 5.82 Å². The number of carbonyl (C=O) groups excluding carboxylic acids is 1. The van der Waals surface area contributed by atoms with Crippen molar-refractivity contribution in [1.82, 2.24) is 9.97 Å². The van der Waals surface area contributed by atoms with Gasteiger partial charge >= 0.3 is 0 Å². The van der Waals surface area contributed by atoms with E-state index in [4.69, 9.17) is 4.98 Å². The van der Waals surface area contributed by atoms with Crippen LogP contribution in [-0.4, -0.2) is 21.0 Å². The molecule has 0 aliphatic heterocycles. The van der Waals surface area contributed by atoms with Crippen LogP contribution in [0.25, 0.3) is 11.3 Å². The highest BCUT2D eigenvalue weighted by Gasteiger charge is 2.23. The number of nitrogens with one attached hydrogen (secondary N) is 1. The van der Waals surface area contributed by atoms with Gasteiger partial charge in [0.2, 0.25) is 5.91 Å². The molecule has 5 nitrogen and oxygen atoms in total. The number of aromatic nitrogens is 2. The molecular weight excluding hydrogens is 398 g/mol. The second kappa shape index (κ2) is 11.0. The number of carbonyl (C=O) groups is 1. The lowest BCUT2D eigenvalue weighted by Crippen LogP contribution is -2.18. The van der Waals surface area contributed by atoms with Crippen LogP contribution in [0.5, 0.6) is 0 Å². The number of anilines is 1. The maximum Gasteiger partial charge on any atom is 0.225 e.